The Morgan fingerprint density at radius 1 is 1.17 bits per heavy atom. The number of likely N-dealkylation sites (tertiary alicyclic amines) is 2. The summed E-state index contributed by atoms with van der Waals surface area (Å²) >= 11 is 0. The average molecular weight is 328 g/mol. The Morgan fingerprint density at radius 2 is 1.92 bits per heavy atom. The minimum Gasteiger partial charge on any atom is -0.338 e. The van der Waals surface area contributed by atoms with Crippen molar-refractivity contribution in [3.8, 4) is 11.8 Å². The second-order valence-electron chi connectivity index (χ2n) is 6.39. The van der Waals surface area contributed by atoms with E-state index in [-0.39, 0.29) is 23.7 Å². The van der Waals surface area contributed by atoms with Gasteiger partial charge in [0.15, 0.2) is 0 Å². The van der Waals surface area contributed by atoms with Crippen LogP contribution >= 0.6 is 0 Å². The number of hydrogen-bond donors (Lipinski definition) is 0. The van der Waals surface area contributed by atoms with Crippen LogP contribution in [0.2, 0.25) is 0 Å². The van der Waals surface area contributed by atoms with Crippen LogP contribution in [-0.4, -0.2) is 47.3 Å². The number of nitrogens with zero attached hydrogens (tertiary/aromatic N) is 2. The minimum atomic E-state index is -0.344. The van der Waals surface area contributed by atoms with Gasteiger partial charge in [0.2, 0.25) is 0 Å². The van der Waals surface area contributed by atoms with Gasteiger partial charge in [-0.2, -0.15) is 0 Å². The van der Waals surface area contributed by atoms with Crippen LogP contribution in [0.3, 0.4) is 0 Å². The van der Waals surface area contributed by atoms with Crippen LogP contribution < -0.4 is 0 Å². The Hall–Kier alpha value is -2.35. The predicted octanol–water partition coefficient (Wildman–Crippen LogP) is 2.30. The van der Waals surface area contributed by atoms with Gasteiger partial charge in [0.25, 0.3) is 11.8 Å². The molecule has 2 amide bonds. The van der Waals surface area contributed by atoms with Crippen LogP contribution in [0.4, 0.5) is 4.39 Å². The van der Waals surface area contributed by atoms with Gasteiger partial charge in [-0.05, 0) is 62.3 Å². The molecular formula is C19H21FN2O2. The molecule has 0 N–H and O–H groups in total. The second-order valence-corrected chi connectivity index (χ2v) is 6.39. The highest BCUT2D eigenvalue weighted by molar-refractivity contribution is 5.95. The smallest absolute Gasteiger partial charge is 0.298 e. The van der Waals surface area contributed by atoms with E-state index >= 15 is 0 Å². The van der Waals surface area contributed by atoms with E-state index in [0.717, 1.165) is 25.8 Å². The van der Waals surface area contributed by atoms with Gasteiger partial charge < -0.3 is 9.80 Å². The lowest BCUT2D eigenvalue weighted by Gasteiger charge is -2.46. The lowest BCUT2D eigenvalue weighted by Crippen LogP contribution is -2.56. The number of fused-ring (bicyclic) bond motifs is 1. The summed E-state index contributed by atoms with van der Waals surface area (Å²) in [5.41, 5.74) is 0.510. The Bertz CT molecular complexity index is 690. The number of rotatable bonds is 1. The largest absolute Gasteiger partial charge is 0.338 e. The number of benzene rings is 1. The molecule has 2 aliphatic rings. The maximum atomic E-state index is 13.0. The molecular weight excluding hydrogens is 307 g/mol. The van der Waals surface area contributed by atoms with Gasteiger partial charge in [-0.25, -0.2) is 4.39 Å². The molecule has 1 aromatic rings. The second kappa shape index (κ2) is 7.04. The molecule has 0 aromatic heterocycles. The summed E-state index contributed by atoms with van der Waals surface area (Å²) in [7, 11) is 0. The van der Waals surface area contributed by atoms with Gasteiger partial charge in [0, 0.05) is 31.2 Å². The van der Waals surface area contributed by atoms with Gasteiger partial charge in [0.05, 0.1) is 0 Å². The topological polar surface area (TPSA) is 40.6 Å². The normalized spacial score (nSPS) is 23.1. The first kappa shape index (κ1) is 16.5. The van der Waals surface area contributed by atoms with Crippen molar-refractivity contribution in [2.45, 2.75) is 32.2 Å². The molecule has 2 heterocycles. The van der Waals surface area contributed by atoms with Crippen LogP contribution in [0.5, 0.6) is 0 Å². The lowest BCUT2D eigenvalue weighted by molar-refractivity contribution is -0.131. The number of piperidine rings is 2. The van der Waals surface area contributed by atoms with Crippen LogP contribution in [-0.2, 0) is 4.79 Å². The summed E-state index contributed by atoms with van der Waals surface area (Å²) in [6.07, 6.45) is 2.73. The molecule has 2 fully saturated rings. The minimum absolute atomic E-state index is 0.0646. The summed E-state index contributed by atoms with van der Waals surface area (Å²) in [5, 5.41) is 0. The van der Waals surface area contributed by atoms with Crippen LogP contribution in [0, 0.1) is 23.6 Å². The highest BCUT2D eigenvalue weighted by Gasteiger charge is 2.39. The zero-order valence-electron chi connectivity index (χ0n) is 13.8. The third-order valence-corrected chi connectivity index (χ3v) is 4.94. The van der Waals surface area contributed by atoms with E-state index in [1.807, 2.05) is 9.80 Å². The Labute approximate surface area is 141 Å². The van der Waals surface area contributed by atoms with Crippen LogP contribution in [0.1, 0.15) is 36.5 Å². The van der Waals surface area contributed by atoms with Crippen LogP contribution in [0.15, 0.2) is 24.3 Å². The molecule has 24 heavy (non-hydrogen) atoms. The van der Waals surface area contributed by atoms with E-state index in [1.54, 1.807) is 6.92 Å². The zero-order valence-corrected chi connectivity index (χ0v) is 13.8. The van der Waals surface area contributed by atoms with Gasteiger partial charge >= 0.3 is 0 Å². The molecule has 2 atom stereocenters. The molecule has 1 aromatic carbocycles. The fourth-order valence-electron chi connectivity index (χ4n) is 3.79. The van der Waals surface area contributed by atoms with E-state index in [4.69, 9.17) is 0 Å². The molecule has 126 valence electrons. The molecule has 0 spiro atoms. The Kier molecular flexibility index (Phi) is 4.84. The molecule has 2 saturated heterocycles. The first-order chi connectivity index (χ1) is 11.6. The summed E-state index contributed by atoms with van der Waals surface area (Å²) < 4.78 is 13.0. The first-order valence-electron chi connectivity index (χ1n) is 8.38. The van der Waals surface area contributed by atoms with E-state index < -0.39 is 0 Å². The quantitative estimate of drug-likeness (QED) is 0.742. The highest BCUT2D eigenvalue weighted by Crippen LogP contribution is 2.31. The number of halogens is 1. The first-order valence-corrected chi connectivity index (χ1v) is 8.38. The summed E-state index contributed by atoms with van der Waals surface area (Å²) in [5.74, 6) is 5.09. The SMILES string of the molecule is CC#CC(=O)N1CCC[C@@H]2CN(C(=O)c3ccc(F)cc3)CC[C@@H]21. The Balaban J connectivity index is 1.70. The maximum Gasteiger partial charge on any atom is 0.298 e. The van der Waals surface area contributed by atoms with Crippen molar-refractivity contribution in [1.29, 1.82) is 0 Å². The fraction of sp³-hybridized carbons (Fsp3) is 0.474. The zero-order chi connectivity index (χ0) is 17.1. The molecule has 0 aliphatic carbocycles. The molecule has 0 unspecified atom stereocenters. The van der Waals surface area contributed by atoms with Crippen molar-refractivity contribution in [2.24, 2.45) is 5.92 Å². The van der Waals surface area contributed by atoms with Crippen molar-refractivity contribution in [1.82, 2.24) is 9.80 Å². The van der Waals surface area contributed by atoms with Crippen LogP contribution in [0.25, 0.3) is 0 Å². The predicted molar refractivity (Wildman–Crippen MR) is 88.6 cm³/mol. The van der Waals surface area contributed by atoms with Gasteiger partial charge in [-0.3, -0.25) is 9.59 Å². The van der Waals surface area contributed by atoms with Crippen molar-refractivity contribution in [2.75, 3.05) is 19.6 Å². The van der Waals surface area contributed by atoms with Crippen molar-refractivity contribution in [3.05, 3.63) is 35.6 Å². The number of amides is 2. The van der Waals surface area contributed by atoms with Crippen molar-refractivity contribution in [3.63, 3.8) is 0 Å². The summed E-state index contributed by atoms with van der Waals surface area (Å²) in [6, 6.07) is 5.84. The van der Waals surface area contributed by atoms with Gasteiger partial charge in [-0.15, -0.1) is 0 Å². The van der Waals surface area contributed by atoms with E-state index in [9.17, 15) is 14.0 Å². The lowest BCUT2D eigenvalue weighted by atomic mass is 9.83. The van der Waals surface area contributed by atoms with E-state index in [0.29, 0.717) is 24.6 Å². The van der Waals surface area contributed by atoms with Crippen molar-refractivity contribution < 1.29 is 14.0 Å². The molecule has 4 nitrogen and oxygen atoms in total. The van der Waals surface area contributed by atoms with E-state index in [2.05, 4.69) is 11.8 Å². The monoisotopic (exact) mass is 328 g/mol. The van der Waals surface area contributed by atoms with E-state index in [1.165, 1.54) is 24.3 Å². The standard InChI is InChI=1S/C19H21FN2O2/c1-2-4-18(23)22-11-3-5-15-13-21(12-10-17(15)22)19(24)14-6-8-16(20)9-7-14/h6-9,15,17H,3,5,10-13H2,1H3/t15-,17+/m1/s1. The number of hydrogen-bond acceptors (Lipinski definition) is 2. The highest BCUT2D eigenvalue weighted by atomic mass is 19.1. The molecule has 5 heteroatoms. The summed E-state index contributed by atoms with van der Waals surface area (Å²) in [6.45, 7) is 3.68. The van der Waals surface area contributed by atoms with Crippen molar-refractivity contribution >= 4 is 11.8 Å². The van der Waals surface area contributed by atoms with Gasteiger partial charge in [0.1, 0.15) is 5.82 Å². The third-order valence-electron chi connectivity index (χ3n) is 4.94. The number of carbonyl (C=O) groups is 2. The van der Waals surface area contributed by atoms with Gasteiger partial charge in [-0.1, -0.05) is 5.92 Å². The molecule has 0 saturated carbocycles. The molecule has 0 radical (unpaired) electrons. The Morgan fingerprint density at radius 3 is 2.62 bits per heavy atom. The molecule has 0 bridgehead atoms. The molecule has 3 rings (SSSR count). The summed E-state index contributed by atoms with van der Waals surface area (Å²) in [4.78, 5) is 28.5. The maximum absolute atomic E-state index is 13.0. The average Bonchev–Trinajstić information content (AvgIpc) is 2.61. The fourth-order valence-corrected chi connectivity index (χ4v) is 3.79. The third kappa shape index (κ3) is 3.28. The molecule has 2 aliphatic heterocycles. The number of carbonyl (C=O) groups excluding carboxylic acids is 2.